The number of carbonyl (C=O) groups excluding carboxylic acids is 1. The van der Waals surface area contributed by atoms with E-state index in [9.17, 15) is 4.79 Å². The third-order valence-electron chi connectivity index (χ3n) is 4.57. The van der Waals surface area contributed by atoms with Gasteiger partial charge in [0.1, 0.15) is 5.76 Å². The van der Waals surface area contributed by atoms with Gasteiger partial charge < -0.3 is 9.32 Å². The van der Waals surface area contributed by atoms with Crippen molar-refractivity contribution in [2.45, 2.75) is 39.2 Å². The average molecular weight is 298 g/mol. The van der Waals surface area contributed by atoms with Crippen molar-refractivity contribution < 1.29 is 9.21 Å². The molecular formula is C18H22N2O2. The van der Waals surface area contributed by atoms with Crippen LogP contribution in [0.25, 0.3) is 0 Å². The lowest BCUT2D eigenvalue weighted by atomic mass is 9.93. The zero-order valence-corrected chi connectivity index (χ0v) is 13.2. The number of oxazole rings is 1. The Morgan fingerprint density at radius 3 is 2.82 bits per heavy atom. The molecule has 0 N–H and O–H groups in total. The van der Waals surface area contributed by atoms with Gasteiger partial charge in [-0.15, -0.1) is 0 Å². The minimum Gasteiger partial charge on any atom is -0.446 e. The molecule has 0 spiro atoms. The third kappa shape index (κ3) is 3.21. The summed E-state index contributed by atoms with van der Waals surface area (Å²) in [6, 6.07) is 10.8. The van der Waals surface area contributed by atoms with Crippen molar-refractivity contribution in [2.24, 2.45) is 5.92 Å². The van der Waals surface area contributed by atoms with Crippen molar-refractivity contribution in [1.29, 1.82) is 0 Å². The zero-order chi connectivity index (χ0) is 15.5. The highest BCUT2D eigenvalue weighted by Gasteiger charge is 2.33. The summed E-state index contributed by atoms with van der Waals surface area (Å²) < 4.78 is 5.41. The maximum Gasteiger partial charge on any atom is 0.230 e. The molecule has 1 amide bonds. The Morgan fingerprint density at radius 1 is 1.36 bits per heavy atom. The number of benzene rings is 1. The standard InChI is InChI=1S/C18H22N2O2/c1-13-16(10-15-6-4-3-5-7-15)8-9-20(13)18(21)11-17-12-19-14(2)22-17/h3-7,12-13,16H,8-11H2,1-2H3. The smallest absolute Gasteiger partial charge is 0.230 e. The highest BCUT2D eigenvalue weighted by molar-refractivity contribution is 5.78. The Labute approximate surface area is 131 Å². The monoisotopic (exact) mass is 298 g/mol. The van der Waals surface area contributed by atoms with E-state index in [1.54, 1.807) is 13.1 Å². The number of hydrogen-bond acceptors (Lipinski definition) is 3. The number of aromatic nitrogens is 1. The quantitative estimate of drug-likeness (QED) is 0.871. The normalized spacial score (nSPS) is 21.3. The molecule has 1 saturated heterocycles. The zero-order valence-electron chi connectivity index (χ0n) is 13.2. The summed E-state index contributed by atoms with van der Waals surface area (Å²) in [5, 5.41) is 0. The fourth-order valence-corrected chi connectivity index (χ4v) is 3.28. The van der Waals surface area contributed by atoms with Gasteiger partial charge in [0.05, 0.1) is 12.6 Å². The molecule has 2 atom stereocenters. The predicted molar refractivity (Wildman–Crippen MR) is 84.4 cm³/mol. The minimum absolute atomic E-state index is 0.138. The molecule has 116 valence electrons. The molecule has 2 unspecified atom stereocenters. The lowest BCUT2D eigenvalue weighted by Crippen LogP contribution is -2.37. The lowest BCUT2D eigenvalue weighted by Gasteiger charge is -2.24. The van der Waals surface area contributed by atoms with Gasteiger partial charge in [0.15, 0.2) is 5.89 Å². The van der Waals surface area contributed by atoms with Crippen molar-refractivity contribution in [1.82, 2.24) is 9.88 Å². The molecule has 0 bridgehead atoms. The summed E-state index contributed by atoms with van der Waals surface area (Å²) in [7, 11) is 0. The molecule has 0 aliphatic carbocycles. The molecule has 4 heteroatoms. The second-order valence-corrected chi connectivity index (χ2v) is 6.09. The van der Waals surface area contributed by atoms with Crippen LogP contribution < -0.4 is 0 Å². The summed E-state index contributed by atoms with van der Waals surface area (Å²) >= 11 is 0. The Bertz CT molecular complexity index is 636. The van der Waals surface area contributed by atoms with Crippen molar-refractivity contribution in [3.8, 4) is 0 Å². The summed E-state index contributed by atoms with van der Waals surface area (Å²) in [5.41, 5.74) is 1.35. The van der Waals surface area contributed by atoms with Gasteiger partial charge in [-0.3, -0.25) is 4.79 Å². The van der Waals surface area contributed by atoms with Crippen LogP contribution in [0.1, 0.15) is 30.6 Å². The van der Waals surface area contributed by atoms with E-state index >= 15 is 0 Å². The molecule has 1 aromatic carbocycles. The van der Waals surface area contributed by atoms with E-state index in [4.69, 9.17) is 4.42 Å². The van der Waals surface area contributed by atoms with Crippen molar-refractivity contribution in [3.05, 3.63) is 53.7 Å². The van der Waals surface area contributed by atoms with E-state index in [2.05, 4.69) is 36.2 Å². The second kappa shape index (κ2) is 6.34. The van der Waals surface area contributed by atoms with Crippen LogP contribution in [0, 0.1) is 12.8 Å². The minimum atomic E-state index is 0.138. The molecule has 22 heavy (non-hydrogen) atoms. The van der Waals surface area contributed by atoms with Gasteiger partial charge in [-0.25, -0.2) is 4.98 Å². The Hall–Kier alpha value is -2.10. The van der Waals surface area contributed by atoms with Crippen molar-refractivity contribution in [2.75, 3.05) is 6.54 Å². The van der Waals surface area contributed by atoms with Crippen LogP contribution >= 0.6 is 0 Å². The van der Waals surface area contributed by atoms with Crippen LogP contribution in [-0.4, -0.2) is 28.4 Å². The Kier molecular flexibility index (Phi) is 4.27. The summed E-state index contributed by atoms with van der Waals surface area (Å²) in [4.78, 5) is 18.5. The largest absolute Gasteiger partial charge is 0.446 e. The maximum atomic E-state index is 12.5. The van der Waals surface area contributed by atoms with Gasteiger partial charge in [0.25, 0.3) is 0 Å². The van der Waals surface area contributed by atoms with E-state index in [1.165, 1.54) is 5.56 Å². The van der Waals surface area contributed by atoms with Crippen LogP contribution in [0.3, 0.4) is 0 Å². The van der Waals surface area contributed by atoms with Crippen LogP contribution in [0.5, 0.6) is 0 Å². The third-order valence-corrected chi connectivity index (χ3v) is 4.57. The van der Waals surface area contributed by atoms with Gasteiger partial charge in [-0.1, -0.05) is 30.3 Å². The number of carbonyl (C=O) groups is 1. The number of likely N-dealkylation sites (tertiary alicyclic amines) is 1. The SMILES string of the molecule is Cc1ncc(CC(=O)N2CCC(Cc3ccccc3)C2C)o1. The molecule has 4 nitrogen and oxygen atoms in total. The van der Waals surface area contributed by atoms with Gasteiger partial charge in [0, 0.05) is 19.5 Å². The molecule has 0 radical (unpaired) electrons. The summed E-state index contributed by atoms with van der Waals surface area (Å²) in [6.45, 7) is 4.79. The van der Waals surface area contributed by atoms with Gasteiger partial charge in [-0.2, -0.15) is 0 Å². The second-order valence-electron chi connectivity index (χ2n) is 6.09. The number of aryl methyl sites for hydroxylation is 1. The molecule has 0 saturated carbocycles. The van der Waals surface area contributed by atoms with Crippen LogP contribution in [0.2, 0.25) is 0 Å². The van der Waals surface area contributed by atoms with E-state index in [0.717, 1.165) is 19.4 Å². The van der Waals surface area contributed by atoms with Crippen LogP contribution in [0.15, 0.2) is 40.9 Å². The molecule has 2 aromatic rings. The summed E-state index contributed by atoms with van der Waals surface area (Å²) in [5.74, 6) is 1.93. The average Bonchev–Trinajstić information content (AvgIpc) is 3.07. The van der Waals surface area contributed by atoms with E-state index < -0.39 is 0 Å². The molecule has 1 fully saturated rings. The molecule has 3 rings (SSSR count). The van der Waals surface area contributed by atoms with E-state index in [0.29, 0.717) is 24.0 Å². The van der Waals surface area contributed by atoms with Crippen LogP contribution in [-0.2, 0) is 17.6 Å². The first-order valence-electron chi connectivity index (χ1n) is 7.88. The van der Waals surface area contributed by atoms with Crippen molar-refractivity contribution >= 4 is 5.91 Å². The number of hydrogen-bond donors (Lipinski definition) is 0. The molecule has 1 aliphatic heterocycles. The number of rotatable bonds is 4. The lowest BCUT2D eigenvalue weighted by molar-refractivity contribution is -0.131. The first-order valence-corrected chi connectivity index (χ1v) is 7.88. The molecule has 1 aliphatic rings. The first-order chi connectivity index (χ1) is 10.6. The molecule has 1 aromatic heterocycles. The first kappa shape index (κ1) is 14.8. The summed E-state index contributed by atoms with van der Waals surface area (Å²) in [6.07, 6.45) is 4.06. The topological polar surface area (TPSA) is 46.3 Å². The highest BCUT2D eigenvalue weighted by Crippen LogP contribution is 2.28. The van der Waals surface area contributed by atoms with Crippen molar-refractivity contribution in [3.63, 3.8) is 0 Å². The van der Waals surface area contributed by atoms with Crippen LogP contribution in [0.4, 0.5) is 0 Å². The maximum absolute atomic E-state index is 12.5. The fraction of sp³-hybridized carbons (Fsp3) is 0.444. The predicted octanol–water partition coefficient (Wildman–Crippen LogP) is 3.01. The van der Waals surface area contributed by atoms with Gasteiger partial charge >= 0.3 is 0 Å². The Morgan fingerprint density at radius 2 is 2.14 bits per heavy atom. The molecule has 2 heterocycles. The number of amides is 1. The van der Waals surface area contributed by atoms with E-state index in [-0.39, 0.29) is 11.9 Å². The highest BCUT2D eigenvalue weighted by atomic mass is 16.4. The Balaban J connectivity index is 1.60. The van der Waals surface area contributed by atoms with Gasteiger partial charge in [0.2, 0.25) is 5.91 Å². The molecular weight excluding hydrogens is 276 g/mol. The van der Waals surface area contributed by atoms with E-state index in [1.807, 2.05) is 11.0 Å². The fourth-order valence-electron chi connectivity index (χ4n) is 3.28. The van der Waals surface area contributed by atoms with Gasteiger partial charge in [-0.05, 0) is 31.2 Å². The number of nitrogens with zero attached hydrogens (tertiary/aromatic N) is 2.